The summed E-state index contributed by atoms with van der Waals surface area (Å²) in [5.74, 6) is 0. The molecular formula is C7H5ClN2O3. The molecule has 5 nitrogen and oxygen atoms in total. The van der Waals surface area contributed by atoms with Crippen molar-refractivity contribution >= 4 is 29.7 Å². The lowest BCUT2D eigenvalue weighted by Gasteiger charge is -2.02. The molecule has 0 aliphatic rings. The lowest BCUT2D eigenvalue weighted by molar-refractivity contribution is 0.112. The van der Waals surface area contributed by atoms with Crippen LogP contribution in [0.25, 0.3) is 0 Å². The molecule has 68 valence electrons. The molecule has 1 heterocycles. The maximum atomic E-state index is 10.4. The van der Waals surface area contributed by atoms with E-state index in [1.807, 2.05) is 5.32 Å². The van der Waals surface area contributed by atoms with Crippen LogP contribution in [0.2, 0.25) is 5.15 Å². The van der Waals surface area contributed by atoms with Gasteiger partial charge in [-0.15, -0.1) is 0 Å². The molecule has 6 heteroatoms. The van der Waals surface area contributed by atoms with E-state index < -0.39 is 6.09 Å². The minimum atomic E-state index is -1.26. The summed E-state index contributed by atoms with van der Waals surface area (Å²) >= 11 is 5.49. The van der Waals surface area contributed by atoms with E-state index in [2.05, 4.69) is 4.98 Å². The van der Waals surface area contributed by atoms with Crippen LogP contribution >= 0.6 is 11.6 Å². The Labute approximate surface area is 78.4 Å². The summed E-state index contributed by atoms with van der Waals surface area (Å²) < 4.78 is 0. The van der Waals surface area contributed by atoms with E-state index in [4.69, 9.17) is 16.7 Å². The lowest BCUT2D eigenvalue weighted by Crippen LogP contribution is -2.10. The maximum Gasteiger partial charge on any atom is 0.409 e. The molecule has 1 rings (SSSR count). The fourth-order valence-electron chi connectivity index (χ4n) is 0.761. The van der Waals surface area contributed by atoms with Gasteiger partial charge < -0.3 is 5.11 Å². The average molecular weight is 201 g/mol. The highest BCUT2D eigenvalue weighted by Gasteiger charge is 2.06. The monoisotopic (exact) mass is 200 g/mol. The molecule has 0 unspecified atom stereocenters. The van der Waals surface area contributed by atoms with Crippen LogP contribution in [0, 0.1) is 0 Å². The zero-order chi connectivity index (χ0) is 9.84. The van der Waals surface area contributed by atoms with Crippen molar-refractivity contribution in [3.8, 4) is 0 Å². The van der Waals surface area contributed by atoms with Crippen LogP contribution in [0.5, 0.6) is 0 Å². The van der Waals surface area contributed by atoms with Crippen molar-refractivity contribution in [3.05, 3.63) is 23.0 Å². The summed E-state index contributed by atoms with van der Waals surface area (Å²) in [6, 6.07) is 2.76. The molecule has 1 aromatic heterocycles. The second-order valence-electron chi connectivity index (χ2n) is 2.11. The number of halogens is 1. The molecule has 13 heavy (non-hydrogen) atoms. The van der Waals surface area contributed by atoms with Gasteiger partial charge in [0.15, 0.2) is 6.29 Å². The lowest BCUT2D eigenvalue weighted by atomic mass is 10.3. The van der Waals surface area contributed by atoms with E-state index in [9.17, 15) is 9.59 Å². The Morgan fingerprint density at radius 3 is 2.85 bits per heavy atom. The zero-order valence-corrected chi connectivity index (χ0v) is 7.08. The van der Waals surface area contributed by atoms with E-state index in [-0.39, 0.29) is 16.5 Å². The van der Waals surface area contributed by atoms with E-state index >= 15 is 0 Å². The molecule has 0 saturated carbocycles. The smallest absolute Gasteiger partial charge is 0.409 e. The molecule has 2 N–H and O–H groups in total. The third-order valence-corrected chi connectivity index (χ3v) is 1.45. The van der Waals surface area contributed by atoms with Crippen molar-refractivity contribution in [1.29, 1.82) is 0 Å². The predicted molar refractivity (Wildman–Crippen MR) is 46.3 cm³/mol. The first-order chi connectivity index (χ1) is 6.13. The minimum Gasteiger partial charge on any atom is -0.465 e. The first kappa shape index (κ1) is 9.47. The Morgan fingerprint density at radius 2 is 2.31 bits per heavy atom. The van der Waals surface area contributed by atoms with Gasteiger partial charge in [0.05, 0.1) is 5.69 Å². The first-order valence-electron chi connectivity index (χ1n) is 3.25. The number of pyridine rings is 1. The minimum absolute atomic E-state index is 0.0325. The summed E-state index contributed by atoms with van der Waals surface area (Å²) in [4.78, 5) is 24.3. The highest BCUT2D eigenvalue weighted by atomic mass is 35.5. The molecule has 0 atom stereocenters. The fraction of sp³-hybridized carbons (Fsp3) is 0. The molecular weight excluding hydrogens is 196 g/mol. The Morgan fingerprint density at radius 1 is 1.62 bits per heavy atom. The van der Waals surface area contributed by atoms with Gasteiger partial charge in [-0.2, -0.15) is 0 Å². The third kappa shape index (κ3) is 2.41. The largest absolute Gasteiger partial charge is 0.465 e. The Bertz CT molecular complexity index is 354. The van der Waals surface area contributed by atoms with Crippen molar-refractivity contribution < 1.29 is 14.7 Å². The number of rotatable bonds is 2. The van der Waals surface area contributed by atoms with E-state index in [1.54, 1.807) is 0 Å². The second-order valence-corrected chi connectivity index (χ2v) is 2.50. The molecule has 0 aliphatic carbocycles. The average Bonchev–Trinajstić information content (AvgIpc) is 2.07. The SMILES string of the molecule is O=Cc1nc(Cl)ccc1NC(=O)O. The van der Waals surface area contributed by atoms with Crippen LogP contribution in [0.4, 0.5) is 10.5 Å². The van der Waals surface area contributed by atoms with Crippen molar-refractivity contribution in [3.63, 3.8) is 0 Å². The van der Waals surface area contributed by atoms with Crippen molar-refractivity contribution in [2.45, 2.75) is 0 Å². The van der Waals surface area contributed by atoms with Gasteiger partial charge in [-0.25, -0.2) is 9.78 Å². The standard InChI is InChI=1S/C7H5ClN2O3/c8-6-2-1-4(10-7(12)13)5(3-11)9-6/h1-3,10H,(H,12,13). The number of carbonyl (C=O) groups excluding carboxylic acids is 1. The molecule has 0 radical (unpaired) electrons. The second kappa shape index (κ2) is 3.86. The van der Waals surface area contributed by atoms with Crippen LogP contribution in [-0.4, -0.2) is 22.5 Å². The fourth-order valence-corrected chi connectivity index (χ4v) is 0.915. The summed E-state index contributed by atoms with van der Waals surface area (Å²) in [6.07, 6.45) is -0.829. The summed E-state index contributed by atoms with van der Waals surface area (Å²) in [6.45, 7) is 0. The van der Waals surface area contributed by atoms with Gasteiger partial charge in [-0.3, -0.25) is 10.1 Å². The van der Waals surface area contributed by atoms with Crippen LogP contribution in [0.1, 0.15) is 10.5 Å². The van der Waals surface area contributed by atoms with Crippen LogP contribution in [0.15, 0.2) is 12.1 Å². The van der Waals surface area contributed by atoms with Gasteiger partial charge in [0.25, 0.3) is 0 Å². The van der Waals surface area contributed by atoms with E-state index in [1.165, 1.54) is 12.1 Å². The molecule has 1 amide bonds. The molecule has 0 saturated heterocycles. The molecule has 0 bridgehead atoms. The summed E-state index contributed by atoms with van der Waals surface area (Å²) in [5.41, 5.74) is 0.0850. The van der Waals surface area contributed by atoms with Crippen molar-refractivity contribution in [2.75, 3.05) is 5.32 Å². The van der Waals surface area contributed by atoms with E-state index in [0.717, 1.165) is 0 Å². The Balaban J connectivity index is 3.05. The number of hydrogen-bond donors (Lipinski definition) is 2. The van der Waals surface area contributed by atoms with Crippen molar-refractivity contribution in [2.24, 2.45) is 0 Å². The Kier molecular flexibility index (Phi) is 2.81. The predicted octanol–water partition coefficient (Wildman–Crippen LogP) is 1.64. The highest BCUT2D eigenvalue weighted by Crippen LogP contribution is 2.14. The first-order valence-corrected chi connectivity index (χ1v) is 3.63. The Hall–Kier alpha value is -1.62. The van der Waals surface area contributed by atoms with Crippen LogP contribution in [0.3, 0.4) is 0 Å². The maximum absolute atomic E-state index is 10.4. The number of carboxylic acid groups (broad SMARTS) is 1. The van der Waals surface area contributed by atoms with Crippen LogP contribution < -0.4 is 5.32 Å². The molecule has 0 spiro atoms. The number of anilines is 1. The topological polar surface area (TPSA) is 79.3 Å². The number of carbonyl (C=O) groups is 2. The highest BCUT2D eigenvalue weighted by molar-refractivity contribution is 6.29. The molecule has 1 aromatic rings. The third-order valence-electron chi connectivity index (χ3n) is 1.24. The van der Waals surface area contributed by atoms with Gasteiger partial charge in [0.2, 0.25) is 0 Å². The van der Waals surface area contributed by atoms with Crippen molar-refractivity contribution in [1.82, 2.24) is 4.98 Å². The quantitative estimate of drug-likeness (QED) is 0.562. The number of amides is 1. The normalized spacial score (nSPS) is 9.31. The number of aldehydes is 1. The van der Waals surface area contributed by atoms with Gasteiger partial charge in [0.1, 0.15) is 10.8 Å². The summed E-state index contributed by atoms with van der Waals surface area (Å²) in [5, 5.41) is 10.5. The molecule has 0 aliphatic heterocycles. The number of nitrogens with zero attached hydrogens (tertiary/aromatic N) is 1. The summed E-state index contributed by atoms with van der Waals surface area (Å²) in [7, 11) is 0. The number of aromatic nitrogens is 1. The zero-order valence-electron chi connectivity index (χ0n) is 6.32. The van der Waals surface area contributed by atoms with Gasteiger partial charge in [-0.05, 0) is 12.1 Å². The van der Waals surface area contributed by atoms with Gasteiger partial charge in [-0.1, -0.05) is 11.6 Å². The van der Waals surface area contributed by atoms with Gasteiger partial charge >= 0.3 is 6.09 Å². The van der Waals surface area contributed by atoms with Gasteiger partial charge in [0, 0.05) is 0 Å². The molecule has 0 aromatic carbocycles. The number of hydrogen-bond acceptors (Lipinski definition) is 3. The molecule has 0 fully saturated rings. The van der Waals surface area contributed by atoms with E-state index in [0.29, 0.717) is 6.29 Å². The number of nitrogens with one attached hydrogen (secondary N) is 1. The van der Waals surface area contributed by atoms with Crippen LogP contribution in [-0.2, 0) is 0 Å².